The molecule has 1 aromatic carbocycles. The van der Waals surface area contributed by atoms with Crippen molar-refractivity contribution >= 4 is 27.3 Å². The molecule has 0 unspecified atom stereocenters. The number of hydrogen-bond donors (Lipinski definition) is 2. The van der Waals surface area contributed by atoms with Crippen molar-refractivity contribution < 1.29 is 22.4 Å². The van der Waals surface area contributed by atoms with Crippen molar-refractivity contribution in [3.63, 3.8) is 0 Å². The van der Waals surface area contributed by atoms with Crippen LogP contribution in [0.3, 0.4) is 0 Å². The summed E-state index contributed by atoms with van der Waals surface area (Å²) >= 11 is 0. The van der Waals surface area contributed by atoms with Crippen LogP contribution in [0.2, 0.25) is 0 Å². The largest absolute Gasteiger partial charge is 0.355 e. The Morgan fingerprint density at radius 1 is 1.39 bits per heavy atom. The second-order valence-electron chi connectivity index (χ2n) is 6.05. The molecule has 0 aromatic heterocycles. The van der Waals surface area contributed by atoms with Gasteiger partial charge in [-0.1, -0.05) is 6.07 Å². The lowest BCUT2D eigenvalue weighted by molar-refractivity contribution is -0.126. The van der Waals surface area contributed by atoms with Crippen molar-refractivity contribution in [2.45, 2.75) is 18.8 Å². The number of amides is 2. The summed E-state index contributed by atoms with van der Waals surface area (Å²) in [5, 5.41) is 5.29. The third kappa shape index (κ3) is 3.52. The van der Waals surface area contributed by atoms with Gasteiger partial charge >= 0.3 is 0 Å². The quantitative estimate of drug-likeness (QED) is 0.851. The zero-order valence-corrected chi connectivity index (χ0v) is 13.2. The maximum absolute atomic E-state index is 13.3. The van der Waals surface area contributed by atoms with E-state index in [1.54, 1.807) is 0 Å². The molecule has 124 valence electrons. The van der Waals surface area contributed by atoms with Gasteiger partial charge in [-0.15, -0.1) is 0 Å². The lowest BCUT2D eigenvalue weighted by Gasteiger charge is -2.25. The van der Waals surface area contributed by atoms with Crippen molar-refractivity contribution in [2.24, 2.45) is 5.92 Å². The molecule has 6 nitrogen and oxygen atoms in total. The van der Waals surface area contributed by atoms with Gasteiger partial charge in [0.2, 0.25) is 11.8 Å². The Balaban J connectivity index is 1.69. The summed E-state index contributed by atoms with van der Waals surface area (Å²) in [4.78, 5) is 24.1. The number of sulfone groups is 1. The molecule has 0 radical (unpaired) electrons. The van der Waals surface area contributed by atoms with E-state index < -0.39 is 21.6 Å². The highest BCUT2D eigenvalue weighted by atomic mass is 32.2. The SMILES string of the molecule is O=C1C[C@@H](C(=O)NC[C@@H]2CCS(=O)(=O)C2)c2ccc(F)cc2N1. The number of fused-ring (bicyclic) bond motifs is 1. The smallest absolute Gasteiger partial charge is 0.228 e. The highest BCUT2D eigenvalue weighted by molar-refractivity contribution is 7.91. The van der Waals surface area contributed by atoms with Crippen LogP contribution in [0.4, 0.5) is 10.1 Å². The first-order chi connectivity index (χ1) is 10.8. The fourth-order valence-corrected chi connectivity index (χ4v) is 4.93. The Kier molecular flexibility index (Phi) is 4.09. The molecule has 0 saturated carbocycles. The Hall–Kier alpha value is -1.96. The van der Waals surface area contributed by atoms with Crippen LogP contribution in [0.15, 0.2) is 18.2 Å². The third-order valence-electron chi connectivity index (χ3n) is 4.26. The number of carbonyl (C=O) groups excluding carboxylic acids is 2. The molecule has 2 heterocycles. The Bertz CT molecular complexity index is 763. The van der Waals surface area contributed by atoms with Gasteiger partial charge in [-0.25, -0.2) is 12.8 Å². The van der Waals surface area contributed by atoms with Crippen molar-refractivity contribution in [1.82, 2.24) is 5.32 Å². The zero-order chi connectivity index (χ0) is 16.6. The van der Waals surface area contributed by atoms with Gasteiger partial charge in [0.1, 0.15) is 5.82 Å². The Morgan fingerprint density at radius 2 is 2.17 bits per heavy atom. The summed E-state index contributed by atoms with van der Waals surface area (Å²) in [6.07, 6.45) is 0.531. The average Bonchev–Trinajstić information content (AvgIpc) is 2.82. The van der Waals surface area contributed by atoms with Crippen molar-refractivity contribution in [1.29, 1.82) is 0 Å². The van der Waals surface area contributed by atoms with Crippen LogP contribution in [0.5, 0.6) is 0 Å². The standard InChI is InChI=1S/C15H17FN2O4S/c16-10-1-2-11-12(6-14(19)18-13(11)5-10)15(20)17-7-9-3-4-23(21,22)8-9/h1-2,5,9,12H,3-4,6-8H2,(H,17,20)(H,18,19)/t9-,12+/m0/s1. The molecule has 0 spiro atoms. The molecule has 0 bridgehead atoms. The Morgan fingerprint density at radius 3 is 2.87 bits per heavy atom. The van der Waals surface area contributed by atoms with Crippen molar-refractivity contribution in [3.8, 4) is 0 Å². The van der Waals surface area contributed by atoms with Gasteiger partial charge in [-0.2, -0.15) is 0 Å². The molecule has 0 aliphatic carbocycles. The fourth-order valence-electron chi connectivity index (χ4n) is 3.07. The van der Waals surface area contributed by atoms with Crippen LogP contribution in [0, 0.1) is 11.7 Å². The fraction of sp³-hybridized carbons (Fsp3) is 0.467. The van der Waals surface area contributed by atoms with E-state index in [1.807, 2.05) is 0 Å². The first kappa shape index (κ1) is 15.9. The van der Waals surface area contributed by atoms with E-state index in [0.717, 1.165) is 0 Å². The molecular weight excluding hydrogens is 323 g/mol. The Labute approximate surface area is 133 Å². The molecule has 8 heteroatoms. The summed E-state index contributed by atoms with van der Waals surface area (Å²) in [6, 6.07) is 3.94. The highest BCUT2D eigenvalue weighted by Gasteiger charge is 2.32. The van der Waals surface area contributed by atoms with Crippen molar-refractivity contribution in [3.05, 3.63) is 29.6 Å². The predicted molar refractivity (Wildman–Crippen MR) is 82.2 cm³/mol. The zero-order valence-electron chi connectivity index (χ0n) is 12.3. The molecule has 23 heavy (non-hydrogen) atoms. The second-order valence-corrected chi connectivity index (χ2v) is 8.28. The summed E-state index contributed by atoms with van der Waals surface area (Å²) in [5.74, 6) is -1.70. The van der Waals surface area contributed by atoms with Gasteiger partial charge in [0, 0.05) is 18.7 Å². The van der Waals surface area contributed by atoms with E-state index in [0.29, 0.717) is 17.7 Å². The van der Waals surface area contributed by atoms with Crippen LogP contribution in [-0.2, 0) is 19.4 Å². The van der Waals surface area contributed by atoms with Gasteiger partial charge in [0.15, 0.2) is 9.84 Å². The summed E-state index contributed by atoms with van der Waals surface area (Å²) in [5.41, 5.74) is 0.882. The number of carbonyl (C=O) groups is 2. The van der Waals surface area contributed by atoms with Crippen LogP contribution < -0.4 is 10.6 Å². The van der Waals surface area contributed by atoms with Crippen LogP contribution in [-0.4, -0.2) is 38.3 Å². The van der Waals surface area contributed by atoms with E-state index in [9.17, 15) is 22.4 Å². The maximum Gasteiger partial charge on any atom is 0.228 e. The molecular formula is C15H17FN2O4S. The minimum atomic E-state index is -2.99. The molecule has 2 atom stereocenters. The lowest BCUT2D eigenvalue weighted by Crippen LogP contribution is -2.37. The molecule has 1 saturated heterocycles. The monoisotopic (exact) mass is 340 g/mol. The topological polar surface area (TPSA) is 92.3 Å². The summed E-state index contributed by atoms with van der Waals surface area (Å²) < 4.78 is 36.1. The van der Waals surface area contributed by atoms with Gasteiger partial charge < -0.3 is 10.6 Å². The molecule has 1 fully saturated rings. The number of nitrogens with one attached hydrogen (secondary N) is 2. The number of hydrogen-bond acceptors (Lipinski definition) is 4. The molecule has 2 aliphatic heterocycles. The molecule has 3 rings (SSSR count). The highest BCUT2D eigenvalue weighted by Crippen LogP contribution is 2.33. The van der Waals surface area contributed by atoms with Gasteiger partial charge in [-0.05, 0) is 30.0 Å². The first-order valence-corrected chi connectivity index (χ1v) is 9.23. The van der Waals surface area contributed by atoms with E-state index in [-0.39, 0.29) is 42.2 Å². The van der Waals surface area contributed by atoms with Crippen LogP contribution >= 0.6 is 0 Å². The minimum absolute atomic E-state index is 0.00652. The number of rotatable bonds is 3. The van der Waals surface area contributed by atoms with Gasteiger partial charge in [-0.3, -0.25) is 9.59 Å². The van der Waals surface area contributed by atoms with Crippen LogP contribution in [0.1, 0.15) is 24.3 Å². The third-order valence-corrected chi connectivity index (χ3v) is 6.10. The lowest BCUT2D eigenvalue weighted by atomic mass is 9.89. The predicted octanol–water partition coefficient (Wildman–Crippen LogP) is 0.802. The normalized spacial score (nSPS) is 25.5. The van der Waals surface area contributed by atoms with E-state index >= 15 is 0 Å². The molecule has 2 aliphatic rings. The number of benzene rings is 1. The summed E-state index contributed by atoms with van der Waals surface area (Å²) in [7, 11) is -2.99. The number of anilines is 1. The average molecular weight is 340 g/mol. The van der Waals surface area contributed by atoms with Gasteiger partial charge in [0.05, 0.1) is 17.4 Å². The van der Waals surface area contributed by atoms with E-state index in [2.05, 4.69) is 10.6 Å². The van der Waals surface area contributed by atoms with Crippen molar-refractivity contribution in [2.75, 3.05) is 23.4 Å². The molecule has 2 amide bonds. The van der Waals surface area contributed by atoms with E-state index in [1.165, 1.54) is 18.2 Å². The minimum Gasteiger partial charge on any atom is -0.355 e. The van der Waals surface area contributed by atoms with Crippen LogP contribution in [0.25, 0.3) is 0 Å². The first-order valence-electron chi connectivity index (χ1n) is 7.41. The van der Waals surface area contributed by atoms with E-state index in [4.69, 9.17) is 0 Å². The molecule has 1 aromatic rings. The molecule has 2 N–H and O–H groups in total. The van der Waals surface area contributed by atoms with Gasteiger partial charge in [0.25, 0.3) is 0 Å². The number of halogens is 1. The summed E-state index contributed by atoms with van der Waals surface area (Å²) in [6.45, 7) is 0.271. The second kappa shape index (κ2) is 5.92. The maximum atomic E-state index is 13.3.